The van der Waals surface area contributed by atoms with Crippen LogP contribution in [0.1, 0.15) is 24.5 Å². The van der Waals surface area contributed by atoms with Crippen molar-refractivity contribution in [1.82, 2.24) is 9.97 Å². The van der Waals surface area contributed by atoms with E-state index in [0.717, 1.165) is 35.2 Å². The number of aryl methyl sites for hydroxylation is 1. The van der Waals surface area contributed by atoms with Crippen molar-refractivity contribution in [3.05, 3.63) is 151 Å². The van der Waals surface area contributed by atoms with Crippen LogP contribution in [0.4, 0.5) is 0 Å². The average Bonchev–Trinajstić information content (AvgIpc) is 3.07. The summed E-state index contributed by atoms with van der Waals surface area (Å²) in [6, 6.07) is 41.9. The second-order valence-corrected chi connectivity index (χ2v) is 11.5. The van der Waals surface area contributed by atoms with Crippen molar-refractivity contribution < 1.29 is 0 Å². The van der Waals surface area contributed by atoms with Crippen molar-refractivity contribution in [2.75, 3.05) is 0 Å². The van der Waals surface area contributed by atoms with E-state index in [1.54, 1.807) is 0 Å². The highest BCUT2D eigenvalue weighted by molar-refractivity contribution is 6.21. The van der Waals surface area contributed by atoms with Gasteiger partial charge in [-0.3, -0.25) is 9.97 Å². The number of allylic oxidation sites excluding steroid dienone is 1. The standard InChI is InChI=1S/C41H30N2/c1-27-16-17-30-23-32(19-18-29(30)21-27)41-37-13-4-2-11-35(37)40(36-12-3-5-14-38(36)41)31-10-8-9-28(22-31)33-24-34(26-42-25-33)39-15-6-7-20-43-39/h2-15,18-26H,16-17H2,1H3. The second kappa shape index (κ2) is 10.5. The molecule has 0 atom stereocenters. The number of benzene rings is 5. The highest BCUT2D eigenvalue weighted by Crippen LogP contribution is 2.44. The van der Waals surface area contributed by atoms with Gasteiger partial charge in [0, 0.05) is 29.7 Å². The van der Waals surface area contributed by atoms with E-state index >= 15 is 0 Å². The van der Waals surface area contributed by atoms with Crippen molar-refractivity contribution in [3.63, 3.8) is 0 Å². The zero-order valence-corrected chi connectivity index (χ0v) is 24.1. The lowest BCUT2D eigenvalue weighted by Gasteiger charge is -2.20. The van der Waals surface area contributed by atoms with Crippen molar-refractivity contribution in [3.8, 4) is 44.6 Å². The van der Waals surface area contributed by atoms with Crippen LogP contribution in [0, 0.1) is 0 Å². The van der Waals surface area contributed by atoms with Crippen LogP contribution in [-0.2, 0) is 6.42 Å². The van der Waals surface area contributed by atoms with E-state index in [2.05, 4.69) is 120 Å². The Morgan fingerprint density at radius 1 is 0.512 bits per heavy atom. The van der Waals surface area contributed by atoms with Crippen LogP contribution in [-0.4, -0.2) is 9.97 Å². The SMILES string of the molecule is CC1=Cc2ccc(-c3c4ccccc4c(-c4cccc(-c5cncc(-c6ccccn6)c5)c4)c4ccccc34)cc2CC1. The van der Waals surface area contributed by atoms with Crippen LogP contribution in [0.3, 0.4) is 0 Å². The minimum Gasteiger partial charge on any atom is -0.263 e. The molecule has 0 radical (unpaired) electrons. The summed E-state index contributed by atoms with van der Waals surface area (Å²) < 4.78 is 0. The number of nitrogens with zero attached hydrogens (tertiary/aromatic N) is 2. The van der Waals surface area contributed by atoms with Crippen LogP contribution in [0.2, 0.25) is 0 Å². The summed E-state index contributed by atoms with van der Waals surface area (Å²) in [5, 5.41) is 5.09. The van der Waals surface area contributed by atoms with Gasteiger partial charge in [0.2, 0.25) is 0 Å². The molecule has 0 unspecified atom stereocenters. The highest BCUT2D eigenvalue weighted by Gasteiger charge is 2.18. The Hall–Kier alpha value is -5.34. The predicted octanol–water partition coefficient (Wildman–Crippen LogP) is 10.8. The van der Waals surface area contributed by atoms with Crippen molar-refractivity contribution >= 4 is 27.6 Å². The Morgan fingerprint density at radius 2 is 1.14 bits per heavy atom. The van der Waals surface area contributed by atoms with Gasteiger partial charge in [0.1, 0.15) is 0 Å². The van der Waals surface area contributed by atoms with E-state index in [1.165, 1.54) is 60.5 Å². The molecule has 0 amide bonds. The first-order chi connectivity index (χ1) is 21.2. The second-order valence-electron chi connectivity index (χ2n) is 11.5. The van der Waals surface area contributed by atoms with E-state index in [9.17, 15) is 0 Å². The van der Waals surface area contributed by atoms with E-state index in [-0.39, 0.29) is 0 Å². The minimum absolute atomic E-state index is 0.925. The Bertz CT molecular complexity index is 2130. The van der Waals surface area contributed by atoms with E-state index in [0.29, 0.717) is 0 Å². The third-order valence-electron chi connectivity index (χ3n) is 8.74. The molecule has 2 nitrogen and oxygen atoms in total. The molecule has 7 aromatic rings. The zero-order valence-electron chi connectivity index (χ0n) is 24.1. The van der Waals surface area contributed by atoms with Gasteiger partial charge < -0.3 is 0 Å². The van der Waals surface area contributed by atoms with Gasteiger partial charge >= 0.3 is 0 Å². The van der Waals surface area contributed by atoms with Crippen LogP contribution < -0.4 is 0 Å². The normalized spacial score (nSPS) is 12.7. The molecule has 1 aliphatic rings. The predicted molar refractivity (Wildman–Crippen MR) is 181 cm³/mol. The summed E-state index contributed by atoms with van der Waals surface area (Å²) in [6.45, 7) is 2.24. The van der Waals surface area contributed by atoms with Gasteiger partial charge in [-0.2, -0.15) is 0 Å². The van der Waals surface area contributed by atoms with Gasteiger partial charge in [0.15, 0.2) is 0 Å². The fourth-order valence-corrected chi connectivity index (χ4v) is 6.66. The molecule has 8 rings (SSSR count). The van der Waals surface area contributed by atoms with Gasteiger partial charge in [-0.05, 0) is 105 Å². The van der Waals surface area contributed by atoms with Gasteiger partial charge in [-0.15, -0.1) is 0 Å². The van der Waals surface area contributed by atoms with Crippen LogP contribution in [0.15, 0.2) is 139 Å². The summed E-state index contributed by atoms with van der Waals surface area (Å²) in [5.74, 6) is 0. The summed E-state index contributed by atoms with van der Waals surface area (Å²) in [5.41, 5.74) is 13.5. The third kappa shape index (κ3) is 4.52. The number of hydrogen-bond acceptors (Lipinski definition) is 2. The molecule has 5 aromatic carbocycles. The monoisotopic (exact) mass is 550 g/mol. The Kier molecular flexibility index (Phi) is 6.19. The van der Waals surface area contributed by atoms with Crippen molar-refractivity contribution in [1.29, 1.82) is 0 Å². The van der Waals surface area contributed by atoms with Crippen LogP contribution >= 0.6 is 0 Å². The lowest BCUT2D eigenvalue weighted by atomic mass is 9.84. The molecule has 2 aromatic heterocycles. The third-order valence-corrected chi connectivity index (χ3v) is 8.74. The first-order valence-corrected chi connectivity index (χ1v) is 14.9. The maximum atomic E-state index is 4.58. The number of pyridine rings is 2. The lowest BCUT2D eigenvalue weighted by Crippen LogP contribution is -1.98. The highest BCUT2D eigenvalue weighted by atomic mass is 14.7. The summed E-state index contributed by atoms with van der Waals surface area (Å²) in [4.78, 5) is 9.11. The smallest absolute Gasteiger partial charge is 0.0717 e. The fraction of sp³-hybridized carbons (Fsp3) is 0.0732. The van der Waals surface area contributed by atoms with Crippen molar-refractivity contribution in [2.45, 2.75) is 19.8 Å². The molecule has 0 saturated carbocycles. The maximum Gasteiger partial charge on any atom is 0.0717 e. The molecular weight excluding hydrogens is 520 g/mol. The molecule has 0 N–H and O–H groups in total. The first-order valence-electron chi connectivity index (χ1n) is 14.9. The Labute approximate surface area is 252 Å². The first kappa shape index (κ1) is 25.4. The van der Waals surface area contributed by atoms with Gasteiger partial charge in [-0.1, -0.05) is 103 Å². The number of hydrogen-bond donors (Lipinski definition) is 0. The lowest BCUT2D eigenvalue weighted by molar-refractivity contribution is 0.928. The molecular formula is C41H30N2. The van der Waals surface area contributed by atoms with Gasteiger partial charge in [0.05, 0.1) is 5.69 Å². The summed E-state index contributed by atoms with van der Waals surface area (Å²) >= 11 is 0. The molecule has 0 bridgehead atoms. The molecule has 204 valence electrons. The Morgan fingerprint density at radius 3 is 1.84 bits per heavy atom. The van der Waals surface area contributed by atoms with E-state index < -0.39 is 0 Å². The summed E-state index contributed by atoms with van der Waals surface area (Å²) in [6.07, 6.45) is 10.2. The molecule has 1 aliphatic carbocycles. The molecule has 2 heteroatoms. The van der Waals surface area contributed by atoms with Gasteiger partial charge in [-0.25, -0.2) is 0 Å². The topological polar surface area (TPSA) is 25.8 Å². The molecule has 43 heavy (non-hydrogen) atoms. The molecule has 0 fully saturated rings. The molecule has 0 aliphatic heterocycles. The van der Waals surface area contributed by atoms with Crippen LogP contribution in [0.25, 0.3) is 72.3 Å². The molecule has 0 spiro atoms. The number of aromatic nitrogens is 2. The fourth-order valence-electron chi connectivity index (χ4n) is 6.66. The largest absolute Gasteiger partial charge is 0.263 e. The van der Waals surface area contributed by atoms with E-state index in [4.69, 9.17) is 0 Å². The number of rotatable bonds is 4. The average molecular weight is 551 g/mol. The van der Waals surface area contributed by atoms with Crippen LogP contribution in [0.5, 0.6) is 0 Å². The Balaban J connectivity index is 1.33. The zero-order chi connectivity index (χ0) is 28.8. The van der Waals surface area contributed by atoms with Crippen molar-refractivity contribution in [2.24, 2.45) is 0 Å². The quantitative estimate of drug-likeness (QED) is 0.204. The summed E-state index contributed by atoms with van der Waals surface area (Å²) in [7, 11) is 0. The maximum absolute atomic E-state index is 4.58. The number of fused-ring (bicyclic) bond motifs is 3. The van der Waals surface area contributed by atoms with E-state index in [1.807, 2.05) is 36.8 Å². The van der Waals surface area contributed by atoms with Gasteiger partial charge in [0.25, 0.3) is 0 Å². The molecule has 2 heterocycles. The molecule has 0 saturated heterocycles. The minimum atomic E-state index is 0.925.